The lowest BCUT2D eigenvalue weighted by Gasteiger charge is -2.15. The number of rotatable bonds is 5. The van der Waals surface area contributed by atoms with Crippen LogP contribution in [-0.4, -0.2) is 22.7 Å². The average Bonchev–Trinajstić information content (AvgIpc) is 2.26. The number of ether oxygens (including phenoxy) is 1. The second kappa shape index (κ2) is 5.58. The van der Waals surface area contributed by atoms with Gasteiger partial charge < -0.3 is 9.84 Å². The van der Waals surface area contributed by atoms with Crippen molar-refractivity contribution in [1.82, 2.24) is 0 Å². The smallest absolute Gasteiger partial charge is 0.313 e. The van der Waals surface area contributed by atoms with E-state index in [4.69, 9.17) is 4.74 Å². The molecule has 94 valence electrons. The van der Waals surface area contributed by atoms with E-state index in [1.54, 1.807) is 13.8 Å². The van der Waals surface area contributed by atoms with Crippen LogP contribution in [0.15, 0.2) is 18.2 Å². The predicted octanol–water partition coefficient (Wildman–Crippen LogP) is 2.13. The standard InChI is InChI=1S/C11H14FNO4/c1-7(2)10(14)6-17-11-4-3-8(12)5-9(11)13(15)16/h3-5,7,10,14H,6H2,1-2H3. The summed E-state index contributed by atoms with van der Waals surface area (Å²) in [5.41, 5.74) is -0.444. The van der Waals surface area contributed by atoms with Crippen LogP contribution >= 0.6 is 0 Å². The Kier molecular flexibility index (Phi) is 4.39. The molecule has 0 spiro atoms. The Morgan fingerprint density at radius 3 is 2.71 bits per heavy atom. The van der Waals surface area contributed by atoms with E-state index in [9.17, 15) is 19.6 Å². The fourth-order valence-corrected chi connectivity index (χ4v) is 1.12. The first-order valence-corrected chi connectivity index (χ1v) is 5.16. The fourth-order valence-electron chi connectivity index (χ4n) is 1.12. The summed E-state index contributed by atoms with van der Waals surface area (Å²) in [4.78, 5) is 9.93. The molecule has 0 amide bonds. The van der Waals surface area contributed by atoms with Crippen LogP contribution in [0.25, 0.3) is 0 Å². The van der Waals surface area contributed by atoms with E-state index in [1.807, 2.05) is 0 Å². The van der Waals surface area contributed by atoms with E-state index in [0.717, 1.165) is 12.1 Å². The molecule has 1 aromatic carbocycles. The van der Waals surface area contributed by atoms with E-state index in [-0.39, 0.29) is 18.3 Å². The van der Waals surface area contributed by atoms with Crippen molar-refractivity contribution in [3.05, 3.63) is 34.1 Å². The van der Waals surface area contributed by atoms with Crippen LogP contribution in [-0.2, 0) is 0 Å². The molecule has 1 N–H and O–H groups in total. The number of nitrogens with zero attached hydrogens (tertiary/aromatic N) is 1. The van der Waals surface area contributed by atoms with Crippen LogP contribution in [0.3, 0.4) is 0 Å². The van der Waals surface area contributed by atoms with Gasteiger partial charge in [0.2, 0.25) is 0 Å². The maximum absolute atomic E-state index is 12.8. The molecule has 0 heterocycles. The van der Waals surface area contributed by atoms with Gasteiger partial charge in [-0.2, -0.15) is 0 Å². The van der Waals surface area contributed by atoms with Gasteiger partial charge in [0.15, 0.2) is 5.75 Å². The number of aliphatic hydroxyl groups excluding tert-OH is 1. The number of nitro benzene ring substituents is 1. The predicted molar refractivity (Wildman–Crippen MR) is 59.4 cm³/mol. The van der Waals surface area contributed by atoms with Crippen molar-refractivity contribution >= 4 is 5.69 Å². The van der Waals surface area contributed by atoms with Gasteiger partial charge in [-0.3, -0.25) is 10.1 Å². The molecule has 0 aliphatic heterocycles. The molecule has 6 heteroatoms. The van der Waals surface area contributed by atoms with Gasteiger partial charge in [0.25, 0.3) is 0 Å². The van der Waals surface area contributed by atoms with Crippen molar-refractivity contribution in [1.29, 1.82) is 0 Å². The normalized spacial score (nSPS) is 12.5. The topological polar surface area (TPSA) is 72.6 Å². The first-order chi connectivity index (χ1) is 7.91. The van der Waals surface area contributed by atoms with Crippen LogP contribution in [0.4, 0.5) is 10.1 Å². The first kappa shape index (κ1) is 13.4. The van der Waals surface area contributed by atoms with E-state index in [0.29, 0.717) is 0 Å². The Bertz CT molecular complexity index is 408. The molecule has 0 aliphatic carbocycles. The lowest BCUT2D eigenvalue weighted by Crippen LogP contribution is -2.23. The Morgan fingerprint density at radius 2 is 2.18 bits per heavy atom. The zero-order chi connectivity index (χ0) is 13.0. The third-order valence-corrected chi connectivity index (χ3v) is 2.30. The molecular weight excluding hydrogens is 229 g/mol. The Morgan fingerprint density at radius 1 is 1.53 bits per heavy atom. The van der Waals surface area contributed by atoms with Crippen molar-refractivity contribution in [2.75, 3.05) is 6.61 Å². The summed E-state index contributed by atoms with van der Waals surface area (Å²) in [6.45, 7) is 3.53. The van der Waals surface area contributed by atoms with Crippen LogP contribution in [0.2, 0.25) is 0 Å². The second-order valence-corrected chi connectivity index (χ2v) is 3.99. The number of benzene rings is 1. The van der Waals surface area contributed by atoms with Crippen LogP contribution in [0, 0.1) is 21.8 Å². The Labute approximate surface area is 98.0 Å². The average molecular weight is 243 g/mol. The van der Waals surface area contributed by atoms with Gasteiger partial charge in [-0.15, -0.1) is 0 Å². The molecule has 1 atom stereocenters. The van der Waals surface area contributed by atoms with E-state index >= 15 is 0 Å². The minimum Gasteiger partial charge on any atom is -0.484 e. The summed E-state index contributed by atoms with van der Waals surface area (Å²) < 4.78 is 17.9. The highest BCUT2D eigenvalue weighted by Gasteiger charge is 2.18. The van der Waals surface area contributed by atoms with Crippen LogP contribution < -0.4 is 4.74 Å². The van der Waals surface area contributed by atoms with Gasteiger partial charge >= 0.3 is 5.69 Å². The molecule has 1 aromatic rings. The zero-order valence-electron chi connectivity index (χ0n) is 9.59. The van der Waals surface area contributed by atoms with Crippen molar-refractivity contribution in [3.63, 3.8) is 0 Å². The second-order valence-electron chi connectivity index (χ2n) is 3.99. The largest absolute Gasteiger partial charge is 0.484 e. The lowest BCUT2D eigenvalue weighted by molar-refractivity contribution is -0.386. The number of nitro groups is 1. The third kappa shape index (κ3) is 3.67. The van der Waals surface area contributed by atoms with Crippen molar-refractivity contribution in [2.24, 2.45) is 5.92 Å². The molecule has 0 saturated carbocycles. The highest BCUT2D eigenvalue weighted by atomic mass is 19.1. The van der Waals surface area contributed by atoms with Crippen molar-refractivity contribution in [2.45, 2.75) is 20.0 Å². The SMILES string of the molecule is CC(C)C(O)COc1ccc(F)cc1[N+](=O)[O-]. The van der Waals surface area contributed by atoms with E-state index in [2.05, 4.69) is 0 Å². The molecule has 0 saturated heterocycles. The zero-order valence-corrected chi connectivity index (χ0v) is 9.59. The monoisotopic (exact) mass is 243 g/mol. The van der Waals surface area contributed by atoms with Gasteiger partial charge in [0.05, 0.1) is 17.1 Å². The third-order valence-electron chi connectivity index (χ3n) is 2.30. The quantitative estimate of drug-likeness (QED) is 0.635. The summed E-state index contributed by atoms with van der Waals surface area (Å²) in [7, 11) is 0. The molecule has 1 unspecified atom stereocenters. The highest BCUT2D eigenvalue weighted by molar-refractivity contribution is 5.46. The minimum absolute atomic E-state index is 0.0190. The van der Waals surface area contributed by atoms with Gasteiger partial charge in [-0.25, -0.2) is 4.39 Å². The lowest BCUT2D eigenvalue weighted by atomic mass is 10.1. The fraction of sp³-hybridized carbons (Fsp3) is 0.455. The molecule has 0 bridgehead atoms. The van der Waals surface area contributed by atoms with Gasteiger partial charge in [-0.05, 0) is 18.1 Å². The van der Waals surface area contributed by atoms with Crippen LogP contribution in [0.5, 0.6) is 5.75 Å². The molecule has 5 nitrogen and oxygen atoms in total. The number of hydrogen-bond acceptors (Lipinski definition) is 4. The molecule has 0 fully saturated rings. The van der Waals surface area contributed by atoms with Crippen molar-refractivity contribution in [3.8, 4) is 5.75 Å². The molecule has 0 aliphatic rings. The maximum atomic E-state index is 12.8. The van der Waals surface area contributed by atoms with Crippen LogP contribution in [0.1, 0.15) is 13.8 Å². The molecule has 17 heavy (non-hydrogen) atoms. The summed E-state index contributed by atoms with van der Waals surface area (Å²) in [6, 6.07) is 3.04. The Balaban J connectivity index is 2.80. The van der Waals surface area contributed by atoms with Crippen molar-refractivity contribution < 1.29 is 19.2 Å². The van der Waals surface area contributed by atoms with Gasteiger partial charge in [0, 0.05) is 0 Å². The summed E-state index contributed by atoms with van der Waals surface area (Å²) in [6.07, 6.45) is -0.723. The minimum atomic E-state index is -0.723. The number of aliphatic hydroxyl groups is 1. The molecule has 1 rings (SSSR count). The van der Waals surface area contributed by atoms with E-state index in [1.165, 1.54) is 6.07 Å². The summed E-state index contributed by atoms with van der Waals surface area (Å²) in [5, 5.41) is 20.2. The summed E-state index contributed by atoms with van der Waals surface area (Å²) >= 11 is 0. The van der Waals surface area contributed by atoms with E-state index < -0.39 is 22.5 Å². The number of halogens is 1. The highest BCUT2D eigenvalue weighted by Crippen LogP contribution is 2.27. The number of hydrogen-bond donors (Lipinski definition) is 1. The Hall–Kier alpha value is -1.69. The van der Waals surface area contributed by atoms with Gasteiger partial charge in [-0.1, -0.05) is 13.8 Å². The maximum Gasteiger partial charge on any atom is 0.313 e. The molecule has 0 aromatic heterocycles. The van der Waals surface area contributed by atoms with Gasteiger partial charge in [0.1, 0.15) is 12.4 Å². The molecular formula is C11H14FNO4. The molecule has 0 radical (unpaired) electrons. The first-order valence-electron chi connectivity index (χ1n) is 5.16. The summed E-state index contributed by atoms with van der Waals surface area (Å²) in [5.74, 6) is -0.765.